The van der Waals surface area contributed by atoms with Crippen LogP contribution in [0, 0.1) is 0 Å². The van der Waals surface area contributed by atoms with Crippen LogP contribution in [0.1, 0.15) is 11.1 Å². The molecular weight excluding hydrogens is 340 g/mol. The number of likely N-dealkylation sites (N-methyl/N-ethyl adjacent to an activating group) is 1. The first kappa shape index (κ1) is 17.6. The zero-order valence-electron chi connectivity index (χ0n) is 14.3. The van der Waals surface area contributed by atoms with Crippen molar-refractivity contribution in [1.82, 2.24) is 4.90 Å². The highest BCUT2D eigenvalue weighted by Crippen LogP contribution is 2.28. The Hall–Kier alpha value is -2.24. The van der Waals surface area contributed by atoms with Crippen LogP contribution in [0.25, 0.3) is 0 Å². The molecule has 0 bridgehead atoms. The van der Waals surface area contributed by atoms with Gasteiger partial charge in [-0.25, -0.2) is 4.79 Å². The minimum absolute atomic E-state index is 0.0214. The normalized spacial score (nSPS) is 16.0. The number of halogens is 1. The highest BCUT2D eigenvalue weighted by atomic mass is 35.5. The summed E-state index contributed by atoms with van der Waals surface area (Å²) in [5, 5.41) is 3.37. The van der Waals surface area contributed by atoms with Crippen molar-refractivity contribution in [3.63, 3.8) is 0 Å². The molecule has 1 atom stereocenters. The number of benzene rings is 2. The van der Waals surface area contributed by atoms with Gasteiger partial charge in [0.15, 0.2) is 0 Å². The van der Waals surface area contributed by atoms with Crippen LogP contribution < -0.4 is 10.1 Å². The molecule has 5 nitrogen and oxygen atoms in total. The number of urea groups is 1. The molecule has 1 aliphatic rings. The van der Waals surface area contributed by atoms with Crippen LogP contribution in [0.3, 0.4) is 0 Å². The van der Waals surface area contributed by atoms with E-state index in [1.165, 1.54) is 11.1 Å². The van der Waals surface area contributed by atoms with Gasteiger partial charge in [-0.05, 0) is 29.3 Å². The van der Waals surface area contributed by atoms with Crippen LogP contribution in [0.15, 0.2) is 42.5 Å². The first-order valence-corrected chi connectivity index (χ1v) is 8.48. The number of fused-ring (bicyclic) bond motifs is 1. The molecule has 0 saturated heterocycles. The van der Waals surface area contributed by atoms with Gasteiger partial charge < -0.3 is 19.7 Å². The Labute approximate surface area is 152 Å². The van der Waals surface area contributed by atoms with Crippen molar-refractivity contribution in [2.24, 2.45) is 0 Å². The van der Waals surface area contributed by atoms with Crippen molar-refractivity contribution in [2.45, 2.75) is 19.1 Å². The van der Waals surface area contributed by atoms with E-state index in [1.807, 2.05) is 12.1 Å². The van der Waals surface area contributed by atoms with E-state index in [4.69, 9.17) is 21.1 Å². The molecule has 0 aromatic heterocycles. The topological polar surface area (TPSA) is 50.8 Å². The van der Waals surface area contributed by atoms with Gasteiger partial charge >= 0.3 is 6.03 Å². The van der Waals surface area contributed by atoms with Gasteiger partial charge in [0.25, 0.3) is 0 Å². The first-order chi connectivity index (χ1) is 12.1. The summed E-state index contributed by atoms with van der Waals surface area (Å²) in [5.74, 6) is 0.564. The van der Waals surface area contributed by atoms with Gasteiger partial charge in [0.05, 0.1) is 25.5 Å². The van der Waals surface area contributed by atoms with E-state index in [2.05, 4.69) is 17.4 Å². The third kappa shape index (κ3) is 4.24. The van der Waals surface area contributed by atoms with Crippen molar-refractivity contribution in [2.75, 3.05) is 26.0 Å². The number of carbonyl (C=O) groups is 1. The molecule has 1 heterocycles. The minimum Gasteiger partial charge on any atom is -0.495 e. The fraction of sp³-hybridized carbons (Fsp3) is 0.316. The number of methoxy groups -OCH3 is 1. The van der Waals surface area contributed by atoms with Crippen LogP contribution in [-0.4, -0.2) is 37.7 Å². The Morgan fingerprint density at radius 3 is 2.84 bits per heavy atom. The summed E-state index contributed by atoms with van der Waals surface area (Å²) in [4.78, 5) is 14.1. The van der Waals surface area contributed by atoms with Crippen LogP contribution in [0.5, 0.6) is 5.75 Å². The molecule has 0 radical (unpaired) electrons. The number of ether oxygens (including phenoxy) is 2. The third-order valence-electron chi connectivity index (χ3n) is 4.27. The first-order valence-electron chi connectivity index (χ1n) is 8.11. The van der Waals surface area contributed by atoms with Crippen molar-refractivity contribution in [1.29, 1.82) is 0 Å². The smallest absolute Gasteiger partial charge is 0.321 e. The predicted octanol–water partition coefficient (Wildman–Crippen LogP) is 3.95. The van der Waals surface area contributed by atoms with E-state index < -0.39 is 0 Å². The van der Waals surface area contributed by atoms with Crippen molar-refractivity contribution in [3.8, 4) is 5.75 Å². The lowest BCUT2D eigenvalue weighted by molar-refractivity contribution is 0.0159. The Bertz CT molecular complexity index is 766. The van der Waals surface area contributed by atoms with E-state index in [0.29, 0.717) is 29.6 Å². The minimum atomic E-state index is -0.233. The van der Waals surface area contributed by atoms with E-state index in [-0.39, 0.29) is 12.1 Å². The predicted molar refractivity (Wildman–Crippen MR) is 98.4 cm³/mol. The van der Waals surface area contributed by atoms with Gasteiger partial charge in [0.2, 0.25) is 0 Å². The number of hydrogen-bond donors (Lipinski definition) is 1. The van der Waals surface area contributed by atoms with Gasteiger partial charge in [0.1, 0.15) is 5.75 Å². The molecule has 1 unspecified atom stereocenters. The van der Waals surface area contributed by atoms with Crippen LogP contribution in [0.2, 0.25) is 5.02 Å². The van der Waals surface area contributed by atoms with Crippen LogP contribution in [-0.2, 0) is 17.8 Å². The number of amides is 2. The summed E-state index contributed by atoms with van der Waals surface area (Å²) in [7, 11) is 3.30. The van der Waals surface area contributed by atoms with Gasteiger partial charge in [-0.3, -0.25) is 0 Å². The molecule has 2 amide bonds. The molecule has 0 aliphatic carbocycles. The monoisotopic (exact) mass is 360 g/mol. The van der Waals surface area contributed by atoms with E-state index in [1.54, 1.807) is 37.3 Å². The molecular formula is C19H21ClN2O3. The fourth-order valence-electron chi connectivity index (χ4n) is 2.90. The number of rotatable bonds is 4. The van der Waals surface area contributed by atoms with Crippen molar-refractivity contribution >= 4 is 23.3 Å². The maximum Gasteiger partial charge on any atom is 0.321 e. The molecule has 6 heteroatoms. The van der Waals surface area contributed by atoms with Crippen molar-refractivity contribution in [3.05, 3.63) is 58.6 Å². The molecule has 2 aromatic rings. The lowest BCUT2D eigenvalue weighted by Gasteiger charge is -2.29. The standard InChI is InChI=1S/C19H21ClN2O3/c1-22(11-16-9-13-5-3-4-6-14(13)12-25-16)19(23)21-17-10-15(20)7-8-18(17)24-2/h3-8,10,16H,9,11-12H2,1-2H3,(H,21,23). The Morgan fingerprint density at radius 1 is 1.32 bits per heavy atom. The second kappa shape index (κ2) is 7.76. The second-order valence-corrected chi connectivity index (χ2v) is 6.50. The van der Waals surface area contributed by atoms with Crippen LogP contribution >= 0.6 is 11.6 Å². The van der Waals surface area contributed by atoms with Gasteiger partial charge in [-0.1, -0.05) is 35.9 Å². The summed E-state index contributed by atoms with van der Waals surface area (Å²) in [6.07, 6.45) is 0.778. The maximum atomic E-state index is 12.5. The lowest BCUT2D eigenvalue weighted by Crippen LogP contribution is -2.40. The summed E-state index contributed by atoms with van der Waals surface area (Å²) in [6.45, 7) is 1.08. The highest BCUT2D eigenvalue weighted by molar-refractivity contribution is 6.31. The van der Waals surface area contributed by atoms with Gasteiger partial charge in [0, 0.05) is 25.0 Å². The maximum absolute atomic E-state index is 12.5. The number of nitrogens with one attached hydrogen (secondary N) is 1. The van der Waals surface area contributed by atoms with E-state index in [9.17, 15) is 4.79 Å². The van der Waals surface area contributed by atoms with Gasteiger partial charge in [-0.15, -0.1) is 0 Å². The molecule has 0 fully saturated rings. The Morgan fingerprint density at radius 2 is 2.08 bits per heavy atom. The molecule has 2 aromatic carbocycles. The Kier molecular flexibility index (Phi) is 5.46. The molecule has 25 heavy (non-hydrogen) atoms. The van der Waals surface area contributed by atoms with Gasteiger partial charge in [-0.2, -0.15) is 0 Å². The number of hydrogen-bond acceptors (Lipinski definition) is 3. The number of carbonyl (C=O) groups excluding carboxylic acids is 1. The van der Waals surface area contributed by atoms with Crippen LogP contribution in [0.4, 0.5) is 10.5 Å². The molecule has 1 N–H and O–H groups in total. The molecule has 0 saturated carbocycles. The summed E-state index contributed by atoms with van der Waals surface area (Å²) in [5.41, 5.74) is 3.04. The fourth-order valence-corrected chi connectivity index (χ4v) is 3.08. The molecule has 1 aliphatic heterocycles. The second-order valence-electron chi connectivity index (χ2n) is 6.06. The van der Waals surface area contributed by atoms with E-state index in [0.717, 1.165) is 6.42 Å². The quantitative estimate of drug-likeness (QED) is 0.898. The Balaban J connectivity index is 1.61. The zero-order chi connectivity index (χ0) is 17.8. The largest absolute Gasteiger partial charge is 0.495 e. The molecule has 132 valence electrons. The molecule has 0 spiro atoms. The summed E-state index contributed by atoms with van der Waals surface area (Å²) < 4.78 is 11.1. The SMILES string of the molecule is COc1ccc(Cl)cc1NC(=O)N(C)CC1Cc2ccccc2CO1. The average Bonchev–Trinajstić information content (AvgIpc) is 2.61. The van der Waals surface area contributed by atoms with E-state index >= 15 is 0 Å². The summed E-state index contributed by atoms with van der Waals surface area (Å²) in [6, 6.07) is 13.1. The van der Waals surface area contributed by atoms with Crippen molar-refractivity contribution < 1.29 is 14.3 Å². The average molecular weight is 361 g/mol. The number of nitrogens with zero attached hydrogens (tertiary/aromatic N) is 1. The zero-order valence-corrected chi connectivity index (χ0v) is 15.0. The lowest BCUT2D eigenvalue weighted by atomic mass is 9.99. The summed E-state index contributed by atoms with van der Waals surface area (Å²) >= 11 is 6.00. The highest BCUT2D eigenvalue weighted by Gasteiger charge is 2.22. The number of anilines is 1. The third-order valence-corrected chi connectivity index (χ3v) is 4.50. The molecule has 3 rings (SSSR count).